The second-order valence-corrected chi connectivity index (χ2v) is 5.81. The van der Waals surface area contributed by atoms with E-state index in [1.807, 2.05) is 60.7 Å². The Bertz CT molecular complexity index is 920. The van der Waals surface area contributed by atoms with Crippen LogP contribution in [0.5, 0.6) is 0 Å². The monoisotopic (exact) mass is 349 g/mol. The second kappa shape index (κ2) is 8.27. The van der Waals surface area contributed by atoms with Crippen LogP contribution in [0.1, 0.15) is 27.5 Å². The summed E-state index contributed by atoms with van der Waals surface area (Å²) in [6, 6.07) is 20.9. The summed E-state index contributed by atoms with van der Waals surface area (Å²) in [6.45, 7) is -0.164. The van der Waals surface area contributed by atoms with Crippen molar-refractivity contribution in [2.24, 2.45) is 0 Å². The molecular formula is C21H19NO4. The zero-order chi connectivity index (χ0) is 18.4. The van der Waals surface area contributed by atoms with Crippen LogP contribution in [-0.2, 0) is 11.3 Å². The maximum Gasteiger partial charge on any atom is 0.344 e. The number of hydrogen-bond acceptors (Lipinski definition) is 4. The van der Waals surface area contributed by atoms with E-state index >= 15 is 0 Å². The van der Waals surface area contributed by atoms with E-state index in [0.29, 0.717) is 0 Å². The van der Waals surface area contributed by atoms with E-state index in [-0.39, 0.29) is 18.8 Å². The molecule has 3 rings (SSSR count). The van der Waals surface area contributed by atoms with Crippen molar-refractivity contribution in [3.63, 3.8) is 0 Å². The van der Waals surface area contributed by atoms with E-state index < -0.39 is 17.6 Å². The van der Waals surface area contributed by atoms with Crippen molar-refractivity contribution in [1.29, 1.82) is 0 Å². The minimum Gasteiger partial charge on any atom is -0.457 e. The molecule has 0 bridgehead atoms. The molecule has 3 aromatic rings. The lowest BCUT2D eigenvalue weighted by Gasteiger charge is -2.18. The van der Waals surface area contributed by atoms with Crippen molar-refractivity contribution in [1.82, 2.24) is 4.57 Å². The Balaban J connectivity index is 1.84. The number of rotatable bonds is 6. The van der Waals surface area contributed by atoms with Gasteiger partial charge in [-0.15, -0.1) is 0 Å². The van der Waals surface area contributed by atoms with Crippen LogP contribution in [0.2, 0.25) is 0 Å². The van der Waals surface area contributed by atoms with Crippen LogP contribution in [0.15, 0.2) is 83.8 Å². The van der Waals surface area contributed by atoms with Gasteiger partial charge >= 0.3 is 5.97 Å². The number of ether oxygens (including phenoxy) is 1. The van der Waals surface area contributed by atoms with Gasteiger partial charge in [0.25, 0.3) is 5.56 Å². The van der Waals surface area contributed by atoms with Crippen molar-refractivity contribution in [3.05, 3.63) is 106 Å². The molecule has 0 unspecified atom stereocenters. The first-order chi connectivity index (χ1) is 12.7. The molecule has 0 spiro atoms. The third kappa shape index (κ3) is 3.90. The number of carbonyl (C=O) groups excluding carboxylic acids is 1. The lowest BCUT2D eigenvalue weighted by Crippen LogP contribution is -2.31. The number of nitrogens with zero attached hydrogens (tertiary/aromatic N) is 1. The van der Waals surface area contributed by atoms with Gasteiger partial charge < -0.3 is 14.4 Å². The summed E-state index contributed by atoms with van der Waals surface area (Å²) in [7, 11) is 0. The Kier molecular flexibility index (Phi) is 5.61. The molecule has 132 valence electrons. The Hall–Kier alpha value is -3.18. The van der Waals surface area contributed by atoms with E-state index in [9.17, 15) is 14.7 Å². The van der Waals surface area contributed by atoms with Crippen LogP contribution in [0.25, 0.3) is 0 Å². The molecule has 0 aliphatic heterocycles. The van der Waals surface area contributed by atoms with Crippen molar-refractivity contribution in [3.8, 4) is 0 Å². The van der Waals surface area contributed by atoms with E-state index in [1.54, 1.807) is 12.3 Å². The molecule has 1 aromatic heterocycles. The van der Waals surface area contributed by atoms with Gasteiger partial charge in [0.15, 0.2) is 0 Å². The van der Waals surface area contributed by atoms with Gasteiger partial charge in [-0.25, -0.2) is 4.79 Å². The van der Waals surface area contributed by atoms with E-state index in [1.165, 1.54) is 10.6 Å². The molecule has 1 N–H and O–H groups in total. The van der Waals surface area contributed by atoms with Gasteiger partial charge in [-0.1, -0.05) is 60.7 Å². The number of aliphatic hydroxyl groups excluding tert-OH is 1. The van der Waals surface area contributed by atoms with Gasteiger partial charge in [-0.3, -0.25) is 4.79 Å². The fourth-order valence-corrected chi connectivity index (χ4v) is 2.74. The zero-order valence-corrected chi connectivity index (χ0v) is 14.1. The molecule has 0 saturated carbocycles. The molecule has 2 aromatic carbocycles. The highest BCUT2D eigenvalue weighted by Crippen LogP contribution is 2.16. The summed E-state index contributed by atoms with van der Waals surface area (Å²) < 4.78 is 6.61. The largest absolute Gasteiger partial charge is 0.457 e. The van der Waals surface area contributed by atoms with Crippen LogP contribution in [-0.4, -0.2) is 22.2 Å². The van der Waals surface area contributed by atoms with Crippen LogP contribution < -0.4 is 5.56 Å². The lowest BCUT2D eigenvalue weighted by atomic mass is 10.1. The minimum atomic E-state index is -0.682. The molecule has 0 radical (unpaired) electrons. The predicted octanol–water partition coefficient (Wildman–Crippen LogP) is 2.79. The first-order valence-electron chi connectivity index (χ1n) is 8.28. The fraction of sp³-hybridized carbons (Fsp3) is 0.143. The van der Waals surface area contributed by atoms with Gasteiger partial charge in [-0.2, -0.15) is 0 Å². The smallest absolute Gasteiger partial charge is 0.344 e. The molecule has 0 fully saturated rings. The molecule has 5 nitrogen and oxygen atoms in total. The van der Waals surface area contributed by atoms with Crippen LogP contribution in [0.4, 0.5) is 0 Å². The number of aliphatic hydroxyl groups is 1. The summed E-state index contributed by atoms with van der Waals surface area (Å²) in [6.07, 6.45) is 1.56. The number of esters is 1. The Morgan fingerprint density at radius 2 is 1.62 bits per heavy atom. The summed E-state index contributed by atoms with van der Waals surface area (Å²) >= 11 is 0. The molecule has 5 heteroatoms. The van der Waals surface area contributed by atoms with Gasteiger partial charge in [-0.05, 0) is 23.3 Å². The van der Waals surface area contributed by atoms with E-state index in [0.717, 1.165) is 11.1 Å². The van der Waals surface area contributed by atoms with E-state index in [2.05, 4.69) is 0 Å². The Labute approximate surface area is 151 Å². The molecule has 0 saturated heterocycles. The maximum atomic E-state index is 12.7. The standard InChI is InChI=1S/C21H19NO4/c23-14-19(17-10-5-2-6-11-17)22-13-7-12-18(20(22)24)21(25)26-15-16-8-3-1-4-9-16/h1-13,19,23H,14-15H2/t19-/m0/s1. The summed E-state index contributed by atoms with van der Waals surface area (Å²) in [5, 5.41) is 9.76. The normalized spacial score (nSPS) is 11.7. The predicted molar refractivity (Wildman–Crippen MR) is 97.9 cm³/mol. The van der Waals surface area contributed by atoms with Gasteiger partial charge in [0.05, 0.1) is 12.6 Å². The number of hydrogen-bond donors (Lipinski definition) is 1. The third-order valence-corrected chi connectivity index (χ3v) is 4.10. The minimum absolute atomic E-state index is 0.0576. The Morgan fingerprint density at radius 1 is 0.962 bits per heavy atom. The van der Waals surface area contributed by atoms with Gasteiger partial charge in [0.1, 0.15) is 12.2 Å². The molecule has 0 aliphatic rings. The number of benzene rings is 2. The van der Waals surface area contributed by atoms with Crippen molar-refractivity contribution < 1.29 is 14.6 Å². The topological polar surface area (TPSA) is 68.5 Å². The summed E-state index contributed by atoms with van der Waals surface area (Å²) in [5.41, 5.74) is 1.08. The van der Waals surface area contributed by atoms with Crippen LogP contribution in [0.3, 0.4) is 0 Å². The van der Waals surface area contributed by atoms with Crippen LogP contribution >= 0.6 is 0 Å². The van der Waals surface area contributed by atoms with Crippen LogP contribution in [0, 0.1) is 0 Å². The molecule has 1 atom stereocenters. The highest BCUT2D eigenvalue weighted by Gasteiger charge is 2.19. The first-order valence-corrected chi connectivity index (χ1v) is 8.28. The summed E-state index contributed by atoms with van der Waals surface area (Å²) in [5.74, 6) is -0.682. The third-order valence-electron chi connectivity index (χ3n) is 4.10. The lowest BCUT2D eigenvalue weighted by molar-refractivity contribution is 0.0469. The van der Waals surface area contributed by atoms with Gasteiger partial charge in [0, 0.05) is 6.20 Å². The maximum absolute atomic E-state index is 12.7. The van der Waals surface area contributed by atoms with Crippen molar-refractivity contribution >= 4 is 5.97 Å². The quantitative estimate of drug-likeness (QED) is 0.695. The fourth-order valence-electron chi connectivity index (χ4n) is 2.74. The molecule has 26 heavy (non-hydrogen) atoms. The highest BCUT2D eigenvalue weighted by atomic mass is 16.5. The summed E-state index contributed by atoms with van der Waals surface area (Å²) in [4.78, 5) is 25.1. The average molecular weight is 349 g/mol. The second-order valence-electron chi connectivity index (χ2n) is 5.81. The SMILES string of the molecule is O=C(OCc1ccccc1)c1cccn([C@@H](CO)c2ccccc2)c1=O. The van der Waals surface area contributed by atoms with Crippen molar-refractivity contribution in [2.45, 2.75) is 12.6 Å². The average Bonchev–Trinajstić information content (AvgIpc) is 2.69. The number of aromatic nitrogens is 1. The molecule has 1 heterocycles. The van der Waals surface area contributed by atoms with Crippen molar-refractivity contribution in [2.75, 3.05) is 6.61 Å². The molecular weight excluding hydrogens is 330 g/mol. The first kappa shape index (κ1) is 17.6. The Morgan fingerprint density at radius 3 is 2.27 bits per heavy atom. The van der Waals surface area contributed by atoms with E-state index in [4.69, 9.17) is 4.74 Å². The highest BCUT2D eigenvalue weighted by molar-refractivity contribution is 5.88. The molecule has 0 amide bonds. The zero-order valence-electron chi connectivity index (χ0n) is 14.1. The molecule has 0 aliphatic carbocycles. The number of pyridine rings is 1. The van der Waals surface area contributed by atoms with Gasteiger partial charge in [0.2, 0.25) is 0 Å². The number of carbonyl (C=O) groups is 1.